The van der Waals surface area contributed by atoms with Crippen molar-refractivity contribution in [1.29, 1.82) is 0 Å². The molecule has 1 atom stereocenters. The van der Waals surface area contributed by atoms with Crippen molar-refractivity contribution in [3.05, 3.63) is 29.3 Å². The fourth-order valence-electron chi connectivity index (χ4n) is 0.777. The van der Waals surface area contributed by atoms with E-state index in [1.807, 2.05) is 0 Å². The summed E-state index contributed by atoms with van der Waals surface area (Å²) in [6, 6.07) is 7.00. The predicted molar refractivity (Wildman–Crippen MR) is 55.8 cm³/mol. The molecule has 1 rings (SSSR count). The van der Waals surface area contributed by atoms with E-state index in [1.165, 1.54) is 11.8 Å². The van der Waals surface area contributed by atoms with Crippen molar-refractivity contribution in [2.24, 2.45) is 0 Å². The number of aliphatic hydroxyl groups is 1. The zero-order valence-corrected chi connectivity index (χ0v) is 8.76. The van der Waals surface area contributed by atoms with Gasteiger partial charge in [0.05, 0.1) is 0 Å². The number of aliphatic hydroxyl groups excluding tert-OH is 1. The van der Waals surface area contributed by atoms with E-state index in [0.717, 1.165) is 4.90 Å². The lowest BCUT2D eigenvalue weighted by atomic mass is 10.4. The van der Waals surface area contributed by atoms with Gasteiger partial charge in [0, 0.05) is 15.7 Å². The third-order valence-corrected chi connectivity index (χ3v) is 2.85. The molecule has 0 aliphatic heterocycles. The normalized spacial score (nSPS) is 12.4. The molecular formula is C9H9ClO3S. The molecule has 0 bridgehead atoms. The molecular weight excluding hydrogens is 224 g/mol. The zero-order valence-electron chi connectivity index (χ0n) is 7.18. The summed E-state index contributed by atoms with van der Waals surface area (Å²) in [5.74, 6) is -1.07. The first kappa shape index (κ1) is 11.4. The fraction of sp³-hybridized carbons (Fsp3) is 0.222. The highest BCUT2D eigenvalue weighted by molar-refractivity contribution is 7.99. The largest absolute Gasteiger partial charge is 0.479 e. The lowest BCUT2D eigenvalue weighted by molar-refractivity contribution is -0.145. The topological polar surface area (TPSA) is 57.5 Å². The molecule has 1 aromatic rings. The van der Waals surface area contributed by atoms with Gasteiger partial charge in [0.25, 0.3) is 0 Å². The third-order valence-electron chi connectivity index (χ3n) is 1.51. The van der Waals surface area contributed by atoms with Crippen molar-refractivity contribution in [3.63, 3.8) is 0 Å². The minimum absolute atomic E-state index is 0.136. The first-order valence-electron chi connectivity index (χ1n) is 3.89. The summed E-state index contributed by atoms with van der Waals surface area (Å²) in [6.07, 6.45) is -1.32. The SMILES string of the molecule is O=C(O)C(O)CSc1ccc(Cl)cc1. The summed E-state index contributed by atoms with van der Waals surface area (Å²) in [6.45, 7) is 0. The molecule has 0 saturated heterocycles. The van der Waals surface area contributed by atoms with Gasteiger partial charge in [-0.2, -0.15) is 0 Å². The number of carboxylic acid groups (broad SMARTS) is 1. The first-order valence-corrected chi connectivity index (χ1v) is 5.25. The van der Waals surface area contributed by atoms with Crippen LogP contribution in [0.5, 0.6) is 0 Å². The number of aliphatic carboxylic acids is 1. The summed E-state index contributed by atoms with van der Waals surface area (Å²) in [5, 5.41) is 18.0. The van der Waals surface area contributed by atoms with E-state index in [0.29, 0.717) is 5.02 Å². The van der Waals surface area contributed by atoms with Crippen LogP contribution in [0.2, 0.25) is 5.02 Å². The Morgan fingerprint density at radius 1 is 1.43 bits per heavy atom. The summed E-state index contributed by atoms with van der Waals surface area (Å²) in [5.41, 5.74) is 0. The Bertz CT molecular complexity index is 312. The summed E-state index contributed by atoms with van der Waals surface area (Å²) in [4.78, 5) is 11.2. The quantitative estimate of drug-likeness (QED) is 0.779. The van der Waals surface area contributed by atoms with Gasteiger partial charge in [-0.25, -0.2) is 4.79 Å². The summed E-state index contributed by atoms with van der Waals surface area (Å²) < 4.78 is 0. The number of rotatable bonds is 4. The number of halogens is 1. The van der Waals surface area contributed by atoms with Crippen molar-refractivity contribution in [3.8, 4) is 0 Å². The van der Waals surface area contributed by atoms with Crippen LogP contribution in [0, 0.1) is 0 Å². The summed E-state index contributed by atoms with van der Waals surface area (Å²) in [7, 11) is 0. The Labute approximate surface area is 90.7 Å². The lowest BCUT2D eigenvalue weighted by Gasteiger charge is -2.04. The number of carbonyl (C=O) groups is 1. The molecule has 0 aliphatic carbocycles. The molecule has 5 heteroatoms. The van der Waals surface area contributed by atoms with Crippen LogP contribution >= 0.6 is 23.4 Å². The smallest absolute Gasteiger partial charge is 0.333 e. The van der Waals surface area contributed by atoms with E-state index < -0.39 is 12.1 Å². The van der Waals surface area contributed by atoms with Crippen LogP contribution in [-0.4, -0.2) is 28.0 Å². The van der Waals surface area contributed by atoms with Gasteiger partial charge in [-0.15, -0.1) is 11.8 Å². The van der Waals surface area contributed by atoms with E-state index in [2.05, 4.69) is 0 Å². The molecule has 76 valence electrons. The fourth-order valence-corrected chi connectivity index (χ4v) is 1.72. The Morgan fingerprint density at radius 3 is 2.50 bits per heavy atom. The second kappa shape index (κ2) is 5.24. The highest BCUT2D eigenvalue weighted by atomic mass is 35.5. The van der Waals surface area contributed by atoms with Gasteiger partial charge in [0.15, 0.2) is 6.10 Å². The van der Waals surface area contributed by atoms with Gasteiger partial charge >= 0.3 is 5.97 Å². The van der Waals surface area contributed by atoms with Crippen LogP contribution in [0.3, 0.4) is 0 Å². The van der Waals surface area contributed by atoms with Crippen LogP contribution in [0.4, 0.5) is 0 Å². The van der Waals surface area contributed by atoms with Gasteiger partial charge < -0.3 is 10.2 Å². The van der Waals surface area contributed by atoms with Crippen molar-refractivity contribution in [2.45, 2.75) is 11.0 Å². The number of hydrogen-bond acceptors (Lipinski definition) is 3. The first-order chi connectivity index (χ1) is 6.59. The van der Waals surface area contributed by atoms with E-state index in [-0.39, 0.29) is 5.75 Å². The van der Waals surface area contributed by atoms with Gasteiger partial charge in [-0.3, -0.25) is 0 Å². The molecule has 0 aromatic heterocycles. The number of benzene rings is 1. The van der Waals surface area contributed by atoms with Crippen molar-refractivity contribution < 1.29 is 15.0 Å². The van der Waals surface area contributed by atoms with Gasteiger partial charge in [-0.05, 0) is 24.3 Å². The third kappa shape index (κ3) is 3.57. The maximum atomic E-state index is 10.3. The number of thioether (sulfide) groups is 1. The number of hydrogen-bond donors (Lipinski definition) is 2. The lowest BCUT2D eigenvalue weighted by Crippen LogP contribution is -2.21. The van der Waals surface area contributed by atoms with Crippen molar-refractivity contribution in [2.75, 3.05) is 5.75 Å². The minimum Gasteiger partial charge on any atom is -0.479 e. The van der Waals surface area contributed by atoms with Crippen LogP contribution in [0.1, 0.15) is 0 Å². The average molecular weight is 233 g/mol. The standard InChI is InChI=1S/C9H9ClO3S/c10-6-1-3-7(4-2-6)14-5-8(11)9(12)13/h1-4,8,11H,5H2,(H,12,13). The maximum Gasteiger partial charge on any atom is 0.333 e. The molecule has 0 saturated carbocycles. The van der Waals surface area contributed by atoms with E-state index in [4.69, 9.17) is 21.8 Å². The molecule has 0 radical (unpaired) electrons. The highest BCUT2D eigenvalue weighted by Gasteiger charge is 2.12. The highest BCUT2D eigenvalue weighted by Crippen LogP contribution is 2.20. The molecule has 0 spiro atoms. The Kier molecular flexibility index (Phi) is 4.25. The van der Waals surface area contributed by atoms with Gasteiger partial charge in [0.2, 0.25) is 0 Å². The predicted octanol–water partition coefficient (Wildman–Crippen LogP) is 1.88. The zero-order chi connectivity index (χ0) is 10.6. The minimum atomic E-state index is -1.32. The van der Waals surface area contributed by atoms with E-state index in [1.54, 1.807) is 24.3 Å². The molecule has 0 aliphatic rings. The monoisotopic (exact) mass is 232 g/mol. The maximum absolute atomic E-state index is 10.3. The van der Waals surface area contributed by atoms with Crippen molar-refractivity contribution in [1.82, 2.24) is 0 Å². The number of carboxylic acids is 1. The summed E-state index contributed by atoms with van der Waals surface area (Å²) >= 11 is 6.95. The van der Waals surface area contributed by atoms with Crippen molar-refractivity contribution >= 4 is 29.3 Å². The van der Waals surface area contributed by atoms with E-state index in [9.17, 15) is 4.79 Å². The Hall–Kier alpha value is -0.710. The molecule has 0 amide bonds. The molecule has 14 heavy (non-hydrogen) atoms. The van der Waals surface area contributed by atoms with Crippen LogP contribution in [0.25, 0.3) is 0 Å². The second-order valence-corrected chi connectivity index (χ2v) is 4.15. The molecule has 3 nitrogen and oxygen atoms in total. The average Bonchev–Trinajstić information content (AvgIpc) is 2.16. The Balaban J connectivity index is 2.46. The molecule has 0 fully saturated rings. The molecule has 2 N–H and O–H groups in total. The second-order valence-electron chi connectivity index (χ2n) is 2.62. The van der Waals surface area contributed by atoms with E-state index >= 15 is 0 Å². The van der Waals surface area contributed by atoms with Gasteiger partial charge in [0.1, 0.15) is 0 Å². The van der Waals surface area contributed by atoms with Crippen LogP contribution in [-0.2, 0) is 4.79 Å². The van der Waals surface area contributed by atoms with Crippen LogP contribution in [0.15, 0.2) is 29.2 Å². The van der Waals surface area contributed by atoms with Crippen LogP contribution < -0.4 is 0 Å². The van der Waals surface area contributed by atoms with Gasteiger partial charge in [-0.1, -0.05) is 11.6 Å². The molecule has 1 unspecified atom stereocenters. The molecule has 0 heterocycles. The molecule has 1 aromatic carbocycles. The Morgan fingerprint density at radius 2 is 2.00 bits per heavy atom.